The molecule has 2 aromatic carbocycles. The molecule has 2 rings (SSSR count). The lowest BCUT2D eigenvalue weighted by Gasteiger charge is -2.22. The van der Waals surface area contributed by atoms with Gasteiger partial charge in [-0.1, -0.05) is 60.7 Å². The summed E-state index contributed by atoms with van der Waals surface area (Å²) in [6, 6.07) is 17.9. The Bertz CT molecular complexity index is 645. The third kappa shape index (κ3) is 6.64. The van der Waals surface area contributed by atoms with E-state index in [1.807, 2.05) is 12.1 Å². The Hall–Kier alpha value is -2.73. The zero-order chi connectivity index (χ0) is 18.8. The van der Waals surface area contributed by atoms with Gasteiger partial charge in [-0.2, -0.15) is 0 Å². The highest BCUT2D eigenvalue weighted by atomic mass is 19.1. The monoisotopic (exact) mass is 360 g/mol. The van der Waals surface area contributed by atoms with Crippen LogP contribution in [0.2, 0.25) is 0 Å². The summed E-state index contributed by atoms with van der Waals surface area (Å²) in [5.74, 6) is -1.57. The SMILES string of the molecule is O=C(CC(O)(CF)CC(=O)OCc1ccccc1)OCc1ccccc1. The van der Waals surface area contributed by atoms with E-state index in [0.717, 1.165) is 11.1 Å². The summed E-state index contributed by atoms with van der Waals surface area (Å²) in [4.78, 5) is 23.7. The number of hydrogen-bond donors (Lipinski definition) is 1. The molecular formula is C20H21FO5. The predicted molar refractivity (Wildman–Crippen MR) is 92.6 cm³/mol. The van der Waals surface area contributed by atoms with E-state index in [9.17, 15) is 19.1 Å². The van der Waals surface area contributed by atoms with Crippen molar-refractivity contribution in [3.63, 3.8) is 0 Å². The topological polar surface area (TPSA) is 72.8 Å². The van der Waals surface area contributed by atoms with Crippen LogP contribution in [-0.2, 0) is 32.3 Å². The summed E-state index contributed by atoms with van der Waals surface area (Å²) in [6.45, 7) is -1.23. The molecule has 0 aromatic heterocycles. The number of esters is 2. The zero-order valence-electron chi connectivity index (χ0n) is 14.3. The minimum atomic E-state index is -2.14. The number of benzene rings is 2. The number of rotatable bonds is 9. The quantitative estimate of drug-likeness (QED) is 0.696. The molecule has 0 amide bonds. The van der Waals surface area contributed by atoms with Gasteiger partial charge in [-0.3, -0.25) is 9.59 Å². The molecule has 0 bridgehead atoms. The van der Waals surface area contributed by atoms with Crippen molar-refractivity contribution in [1.82, 2.24) is 0 Å². The van der Waals surface area contributed by atoms with Crippen LogP contribution in [0.25, 0.3) is 0 Å². The molecule has 0 saturated carbocycles. The van der Waals surface area contributed by atoms with E-state index in [1.54, 1.807) is 48.5 Å². The van der Waals surface area contributed by atoms with Crippen molar-refractivity contribution in [3.05, 3.63) is 71.8 Å². The number of ether oxygens (including phenoxy) is 2. The molecule has 0 saturated heterocycles. The number of halogens is 1. The van der Waals surface area contributed by atoms with E-state index in [-0.39, 0.29) is 13.2 Å². The normalized spacial score (nSPS) is 11.0. The molecule has 26 heavy (non-hydrogen) atoms. The molecule has 0 aliphatic heterocycles. The maximum absolute atomic E-state index is 13.2. The minimum absolute atomic E-state index is 0.0144. The fourth-order valence-electron chi connectivity index (χ4n) is 2.27. The van der Waals surface area contributed by atoms with Gasteiger partial charge in [0, 0.05) is 0 Å². The van der Waals surface area contributed by atoms with Gasteiger partial charge in [0.1, 0.15) is 25.5 Å². The smallest absolute Gasteiger partial charge is 0.309 e. The second-order valence-electron chi connectivity index (χ2n) is 6.00. The third-order valence-corrected chi connectivity index (χ3v) is 3.68. The average molecular weight is 360 g/mol. The molecule has 0 unspecified atom stereocenters. The van der Waals surface area contributed by atoms with Crippen LogP contribution in [0.5, 0.6) is 0 Å². The van der Waals surface area contributed by atoms with Crippen LogP contribution < -0.4 is 0 Å². The van der Waals surface area contributed by atoms with E-state index in [1.165, 1.54) is 0 Å². The van der Waals surface area contributed by atoms with Crippen molar-refractivity contribution >= 4 is 11.9 Å². The van der Waals surface area contributed by atoms with Gasteiger partial charge < -0.3 is 14.6 Å². The Morgan fingerprint density at radius 3 is 1.54 bits per heavy atom. The average Bonchev–Trinajstić information content (AvgIpc) is 2.66. The Balaban J connectivity index is 1.80. The van der Waals surface area contributed by atoms with Gasteiger partial charge in [0.05, 0.1) is 12.8 Å². The van der Waals surface area contributed by atoms with Gasteiger partial charge in [-0.15, -0.1) is 0 Å². The Kier molecular flexibility index (Phi) is 7.29. The Morgan fingerprint density at radius 1 is 0.808 bits per heavy atom. The molecule has 0 atom stereocenters. The van der Waals surface area contributed by atoms with Crippen molar-refractivity contribution in [1.29, 1.82) is 0 Å². The van der Waals surface area contributed by atoms with Gasteiger partial charge in [-0.25, -0.2) is 4.39 Å². The van der Waals surface area contributed by atoms with Crippen molar-refractivity contribution in [2.24, 2.45) is 0 Å². The summed E-state index contributed by atoms with van der Waals surface area (Å²) in [5.41, 5.74) is -0.597. The first-order valence-electron chi connectivity index (χ1n) is 8.18. The summed E-state index contributed by atoms with van der Waals surface area (Å²) in [7, 11) is 0. The summed E-state index contributed by atoms with van der Waals surface area (Å²) < 4.78 is 23.3. The van der Waals surface area contributed by atoms with Crippen molar-refractivity contribution in [2.75, 3.05) is 6.67 Å². The molecule has 0 fully saturated rings. The first kappa shape index (κ1) is 19.6. The molecule has 2 aromatic rings. The van der Waals surface area contributed by atoms with Crippen molar-refractivity contribution < 1.29 is 28.6 Å². The zero-order valence-corrected chi connectivity index (χ0v) is 14.3. The fourth-order valence-corrected chi connectivity index (χ4v) is 2.27. The molecule has 1 N–H and O–H groups in total. The fraction of sp³-hybridized carbons (Fsp3) is 0.300. The predicted octanol–water partition coefficient (Wildman–Crippen LogP) is 2.95. The highest BCUT2D eigenvalue weighted by molar-refractivity contribution is 5.75. The molecule has 0 spiro atoms. The molecule has 5 nitrogen and oxygen atoms in total. The summed E-state index contributed by atoms with van der Waals surface area (Å²) in [6.07, 6.45) is -1.26. The van der Waals surface area contributed by atoms with E-state index in [2.05, 4.69) is 0 Å². The molecule has 0 heterocycles. The highest BCUT2D eigenvalue weighted by Gasteiger charge is 2.34. The minimum Gasteiger partial charge on any atom is -0.461 e. The molecule has 0 radical (unpaired) electrons. The lowest BCUT2D eigenvalue weighted by Crippen LogP contribution is -2.37. The Labute approximate surface area is 151 Å². The van der Waals surface area contributed by atoms with Crippen molar-refractivity contribution in [2.45, 2.75) is 31.7 Å². The second kappa shape index (κ2) is 9.68. The summed E-state index contributed by atoms with van der Waals surface area (Å²) in [5, 5.41) is 10.2. The van der Waals surface area contributed by atoms with E-state index >= 15 is 0 Å². The first-order chi connectivity index (χ1) is 12.5. The van der Waals surface area contributed by atoms with E-state index in [0.29, 0.717) is 0 Å². The largest absolute Gasteiger partial charge is 0.461 e. The lowest BCUT2D eigenvalue weighted by atomic mass is 9.97. The second-order valence-corrected chi connectivity index (χ2v) is 6.00. The number of hydrogen-bond acceptors (Lipinski definition) is 5. The maximum atomic E-state index is 13.2. The number of aliphatic hydroxyl groups is 1. The van der Waals surface area contributed by atoms with E-state index < -0.39 is 37.1 Å². The van der Waals surface area contributed by atoms with Crippen LogP contribution in [-0.4, -0.2) is 29.3 Å². The highest BCUT2D eigenvalue weighted by Crippen LogP contribution is 2.19. The van der Waals surface area contributed by atoms with Crippen LogP contribution in [0, 0.1) is 0 Å². The van der Waals surface area contributed by atoms with Crippen LogP contribution >= 0.6 is 0 Å². The van der Waals surface area contributed by atoms with Crippen LogP contribution in [0.15, 0.2) is 60.7 Å². The summed E-state index contributed by atoms with van der Waals surface area (Å²) >= 11 is 0. The van der Waals surface area contributed by atoms with Gasteiger partial charge >= 0.3 is 11.9 Å². The van der Waals surface area contributed by atoms with Gasteiger partial charge in [-0.05, 0) is 11.1 Å². The number of carbonyl (C=O) groups is 2. The lowest BCUT2D eigenvalue weighted by molar-refractivity contribution is -0.158. The van der Waals surface area contributed by atoms with E-state index in [4.69, 9.17) is 9.47 Å². The Morgan fingerprint density at radius 2 is 1.19 bits per heavy atom. The third-order valence-electron chi connectivity index (χ3n) is 3.68. The van der Waals surface area contributed by atoms with Gasteiger partial charge in [0.15, 0.2) is 0 Å². The first-order valence-corrected chi connectivity index (χ1v) is 8.18. The van der Waals surface area contributed by atoms with Crippen LogP contribution in [0.1, 0.15) is 24.0 Å². The molecule has 0 aliphatic carbocycles. The van der Waals surface area contributed by atoms with Crippen LogP contribution in [0.4, 0.5) is 4.39 Å². The van der Waals surface area contributed by atoms with Gasteiger partial charge in [0.2, 0.25) is 0 Å². The number of carbonyl (C=O) groups excluding carboxylic acids is 2. The van der Waals surface area contributed by atoms with Gasteiger partial charge in [0.25, 0.3) is 0 Å². The van der Waals surface area contributed by atoms with Crippen molar-refractivity contribution in [3.8, 4) is 0 Å². The molecular weight excluding hydrogens is 339 g/mol. The molecule has 0 aliphatic rings. The molecule has 138 valence electrons. The number of alkyl halides is 1. The standard InChI is InChI=1S/C20H21FO5/c21-15-20(24,11-18(22)25-13-16-7-3-1-4-8-16)12-19(23)26-14-17-9-5-2-6-10-17/h1-10,24H,11-15H2. The molecule has 6 heteroatoms. The van der Waals surface area contributed by atoms with Crippen LogP contribution in [0.3, 0.4) is 0 Å². The maximum Gasteiger partial charge on any atom is 0.309 e.